The predicted molar refractivity (Wildman–Crippen MR) is 215 cm³/mol. The van der Waals surface area contributed by atoms with Crippen LogP contribution < -0.4 is 60.2 Å². The molecular weight excluding hydrogens is 805 g/mol. The molecule has 0 heterocycles. The lowest BCUT2D eigenvalue weighted by Crippen LogP contribution is -2.59. The number of carbonyl (C=O) groups excluding carboxylic acids is 9. The van der Waals surface area contributed by atoms with E-state index in [0.29, 0.717) is 11.5 Å². The molecule has 23 nitrogen and oxygen atoms in total. The van der Waals surface area contributed by atoms with Crippen LogP contribution in [0.5, 0.6) is 0 Å². The van der Waals surface area contributed by atoms with E-state index >= 15 is 0 Å². The van der Waals surface area contributed by atoms with Crippen LogP contribution in [0.4, 0.5) is 0 Å². The minimum atomic E-state index is -1.48. The Hall–Kier alpha value is -5.33. The Bertz CT molecular complexity index is 1470. The number of rotatable bonds is 31. The molecule has 25 heteroatoms. The maximum atomic E-state index is 13.8. The molecule has 0 radical (unpaired) electrons. The first kappa shape index (κ1) is 52.7. The van der Waals surface area contributed by atoms with Crippen LogP contribution in [0, 0.1) is 5.41 Å². The highest BCUT2D eigenvalue weighted by atomic mass is 32.2. The van der Waals surface area contributed by atoms with Gasteiger partial charge in [-0.2, -0.15) is 23.5 Å². The molecule has 328 valence electrons. The van der Waals surface area contributed by atoms with E-state index in [2.05, 4.69) is 37.2 Å². The minimum absolute atomic E-state index is 0.0150. The third-order valence-electron chi connectivity index (χ3n) is 8.10. The molecule has 0 rings (SSSR count). The predicted octanol–water partition coefficient (Wildman–Crippen LogP) is -4.43. The Morgan fingerprint density at radius 3 is 1.22 bits per heavy atom. The molecule has 0 aliphatic heterocycles. The van der Waals surface area contributed by atoms with Gasteiger partial charge in [0.2, 0.25) is 53.2 Å². The Morgan fingerprint density at radius 1 is 0.534 bits per heavy atom. The van der Waals surface area contributed by atoms with E-state index in [4.69, 9.17) is 33.5 Å². The zero-order chi connectivity index (χ0) is 44.4. The molecule has 58 heavy (non-hydrogen) atoms. The van der Waals surface area contributed by atoms with E-state index in [-0.39, 0.29) is 70.3 Å². The summed E-state index contributed by atoms with van der Waals surface area (Å²) in [6, 6.07) is -8.01. The zero-order valence-corrected chi connectivity index (χ0v) is 34.4. The maximum absolute atomic E-state index is 13.8. The molecule has 0 aliphatic carbocycles. The van der Waals surface area contributed by atoms with Gasteiger partial charge in [-0.1, -0.05) is 0 Å². The molecule has 0 bridgehead atoms. The molecule has 0 aromatic heterocycles. The average Bonchev–Trinajstić information content (AvgIpc) is 3.13. The lowest BCUT2D eigenvalue weighted by Gasteiger charge is -2.27. The standard InChI is InChI=1S/C33H58N12O11S2/c1-17(46)40-20(8-11-26(49)50)29(53)43-21(7-10-25(35)48)30(54)45-23(13-16-58-3)32(56)42-19(5-4-14-39-33(37)38)28(52)44-22(12-15-57-2)31(55)41-18(27(36)51)6-9-24(34)47/h18-23H,4-16H2,1-3H3,(H2,34,47)(H2,35,48)(H2,36,51)(H,40,46)(H,41,55)(H,42,56)(H,43,53)(H,44,52)(H,45,54)(H,49,50)(H4,37,38,39)/t18-,19-,20-,21-,22-,23-/m0/s1. The Morgan fingerprint density at radius 2 is 0.879 bits per heavy atom. The number of nitrogens with one attached hydrogen (secondary N) is 8. The lowest BCUT2D eigenvalue weighted by atomic mass is 10.1. The van der Waals surface area contributed by atoms with E-state index in [1.165, 1.54) is 23.5 Å². The SMILES string of the molecule is CSCC[C@H](NC(=O)[C@H](CCCNC(=N)N)NC(=O)[C@H](CCSC)NC(=O)[C@H](CCC(N)=O)NC(=O)[C@H](CCC(=O)O)NC(C)=O)C(=O)N[C@@H](CCC(N)=O)C(N)=O. The number of aliphatic carboxylic acids is 1. The van der Waals surface area contributed by atoms with Crippen LogP contribution in [0.3, 0.4) is 0 Å². The highest BCUT2D eigenvalue weighted by molar-refractivity contribution is 7.98. The van der Waals surface area contributed by atoms with Crippen molar-refractivity contribution in [3.8, 4) is 0 Å². The maximum Gasteiger partial charge on any atom is 0.303 e. The topological polar surface area (TPSA) is 403 Å². The quantitative estimate of drug-likeness (QED) is 0.0178. The number of carbonyl (C=O) groups is 10. The number of carboxylic acids is 1. The van der Waals surface area contributed by atoms with Crippen LogP contribution in [0.25, 0.3) is 0 Å². The van der Waals surface area contributed by atoms with E-state index < -0.39 is 102 Å². The molecule has 0 spiro atoms. The summed E-state index contributed by atoms with van der Waals surface area (Å²) in [7, 11) is 0. The molecule has 0 saturated heterocycles. The van der Waals surface area contributed by atoms with Gasteiger partial charge in [0.25, 0.3) is 0 Å². The lowest BCUT2D eigenvalue weighted by molar-refractivity contribution is -0.138. The largest absolute Gasteiger partial charge is 0.481 e. The molecule has 0 unspecified atom stereocenters. The van der Waals surface area contributed by atoms with Crippen LogP contribution >= 0.6 is 23.5 Å². The Balaban J connectivity index is 6.46. The van der Waals surface area contributed by atoms with Crippen LogP contribution in [0.2, 0.25) is 0 Å². The Labute approximate surface area is 344 Å². The van der Waals surface area contributed by atoms with Crippen LogP contribution in [-0.2, 0) is 47.9 Å². The fraction of sp³-hybridized carbons (Fsp3) is 0.667. The molecule has 0 saturated carbocycles. The van der Waals surface area contributed by atoms with Crippen molar-refractivity contribution < 1.29 is 53.1 Å². The summed E-state index contributed by atoms with van der Waals surface area (Å²) < 4.78 is 0. The van der Waals surface area contributed by atoms with Gasteiger partial charge in [-0.15, -0.1) is 0 Å². The second-order valence-corrected chi connectivity index (χ2v) is 14.9. The summed E-state index contributed by atoms with van der Waals surface area (Å²) >= 11 is 2.68. The Kier molecular flexibility index (Phi) is 26.3. The number of carboxylic acid groups (broad SMARTS) is 1. The van der Waals surface area contributed by atoms with Crippen molar-refractivity contribution in [1.82, 2.24) is 37.2 Å². The summed E-state index contributed by atoms with van der Waals surface area (Å²) in [5.74, 6) is -8.36. The van der Waals surface area contributed by atoms with Crippen LogP contribution in [0.15, 0.2) is 0 Å². The first-order valence-corrected chi connectivity index (χ1v) is 20.9. The van der Waals surface area contributed by atoms with Gasteiger partial charge in [-0.05, 0) is 69.0 Å². The van der Waals surface area contributed by atoms with Crippen molar-refractivity contribution in [3.63, 3.8) is 0 Å². The van der Waals surface area contributed by atoms with E-state index in [0.717, 1.165) is 6.92 Å². The number of hydrogen-bond acceptors (Lipinski definition) is 13. The number of nitrogens with two attached hydrogens (primary N) is 4. The normalized spacial score (nSPS) is 13.8. The van der Waals surface area contributed by atoms with Gasteiger partial charge in [0.1, 0.15) is 36.3 Å². The highest BCUT2D eigenvalue weighted by Gasteiger charge is 2.33. The molecule has 0 fully saturated rings. The molecule has 17 N–H and O–H groups in total. The van der Waals surface area contributed by atoms with Gasteiger partial charge >= 0.3 is 5.97 Å². The number of amides is 9. The summed E-state index contributed by atoms with van der Waals surface area (Å²) in [6.45, 7) is 1.22. The first-order chi connectivity index (χ1) is 27.2. The summed E-state index contributed by atoms with van der Waals surface area (Å²) in [4.78, 5) is 126. The monoisotopic (exact) mass is 862 g/mol. The van der Waals surface area contributed by atoms with Crippen molar-refractivity contribution in [2.24, 2.45) is 22.9 Å². The molecule has 6 atom stereocenters. The van der Waals surface area contributed by atoms with Crippen molar-refractivity contribution in [2.75, 3.05) is 30.6 Å². The first-order valence-electron chi connectivity index (χ1n) is 18.1. The van der Waals surface area contributed by atoms with E-state index in [1.54, 1.807) is 12.5 Å². The number of hydrogen-bond donors (Lipinski definition) is 13. The summed E-state index contributed by atoms with van der Waals surface area (Å²) in [5, 5.41) is 33.9. The van der Waals surface area contributed by atoms with Gasteiger partial charge in [-0.25, -0.2) is 0 Å². The molecule has 0 aromatic carbocycles. The number of thioether (sulfide) groups is 2. The molecule has 9 amide bonds. The fourth-order valence-electron chi connectivity index (χ4n) is 5.08. The second-order valence-electron chi connectivity index (χ2n) is 12.9. The highest BCUT2D eigenvalue weighted by Crippen LogP contribution is 2.09. The van der Waals surface area contributed by atoms with Gasteiger partial charge in [0.15, 0.2) is 5.96 Å². The zero-order valence-electron chi connectivity index (χ0n) is 32.8. The minimum Gasteiger partial charge on any atom is -0.481 e. The summed E-state index contributed by atoms with van der Waals surface area (Å²) in [6.07, 6.45) is 1.74. The van der Waals surface area contributed by atoms with Gasteiger partial charge in [0.05, 0.1) is 0 Å². The van der Waals surface area contributed by atoms with Gasteiger partial charge in [-0.3, -0.25) is 53.4 Å². The van der Waals surface area contributed by atoms with E-state index in [1.807, 2.05) is 0 Å². The summed E-state index contributed by atoms with van der Waals surface area (Å²) in [5.41, 5.74) is 21.2. The van der Waals surface area contributed by atoms with Gasteiger partial charge < -0.3 is 65.3 Å². The molecule has 0 aliphatic rings. The van der Waals surface area contributed by atoms with Crippen molar-refractivity contribution in [2.45, 2.75) is 107 Å². The average molecular weight is 863 g/mol. The van der Waals surface area contributed by atoms with Gasteiger partial charge in [0, 0.05) is 32.7 Å². The second kappa shape index (κ2) is 29.0. The molecule has 0 aromatic rings. The van der Waals surface area contributed by atoms with Crippen LogP contribution in [0.1, 0.15) is 71.1 Å². The number of guanidine groups is 1. The van der Waals surface area contributed by atoms with Crippen molar-refractivity contribution in [3.05, 3.63) is 0 Å². The number of primary amides is 3. The van der Waals surface area contributed by atoms with E-state index in [9.17, 15) is 47.9 Å². The fourth-order valence-corrected chi connectivity index (χ4v) is 6.02. The van der Waals surface area contributed by atoms with Crippen molar-refractivity contribution >= 4 is 88.6 Å². The molecular formula is C33H58N12O11S2. The third-order valence-corrected chi connectivity index (χ3v) is 9.39. The third kappa shape index (κ3) is 23.7. The smallest absolute Gasteiger partial charge is 0.303 e. The van der Waals surface area contributed by atoms with Crippen LogP contribution in [-0.4, -0.2) is 137 Å². The van der Waals surface area contributed by atoms with Crippen molar-refractivity contribution in [1.29, 1.82) is 5.41 Å².